The van der Waals surface area contributed by atoms with Crippen LogP contribution in [0.25, 0.3) is 22.8 Å². The second-order valence-electron chi connectivity index (χ2n) is 7.18. The Hall–Kier alpha value is -2.86. The maximum absolute atomic E-state index is 12.6. The number of halogens is 1. The van der Waals surface area contributed by atoms with Gasteiger partial charge in [0.25, 0.3) is 0 Å². The first-order valence-electron chi connectivity index (χ1n) is 9.77. The van der Waals surface area contributed by atoms with E-state index in [-0.39, 0.29) is 18.5 Å². The van der Waals surface area contributed by atoms with E-state index in [1.165, 1.54) is 12.8 Å². The molecule has 0 bridgehead atoms. The largest absolute Gasteiger partial charge is 0.495 e. The van der Waals surface area contributed by atoms with Gasteiger partial charge in [0.1, 0.15) is 12.3 Å². The first-order chi connectivity index (χ1) is 14.1. The third-order valence-electron chi connectivity index (χ3n) is 5.13. The maximum Gasteiger partial charge on any atom is 0.242 e. The molecule has 0 saturated heterocycles. The molecular formula is C22H23ClN4O2. The minimum Gasteiger partial charge on any atom is -0.495 e. The van der Waals surface area contributed by atoms with Gasteiger partial charge in [-0.15, -0.1) is 5.10 Å². The van der Waals surface area contributed by atoms with Gasteiger partial charge in [-0.05, 0) is 31.0 Å². The van der Waals surface area contributed by atoms with Gasteiger partial charge in [0, 0.05) is 17.2 Å². The number of nitrogens with zero attached hydrogens (tertiary/aromatic N) is 3. The number of hydrogen-bond acceptors (Lipinski definition) is 4. The summed E-state index contributed by atoms with van der Waals surface area (Å²) in [6.45, 7) is 0.106. The number of ether oxygens (including phenoxy) is 1. The number of nitrogens with one attached hydrogen (secondary N) is 1. The highest BCUT2D eigenvalue weighted by molar-refractivity contribution is 6.32. The van der Waals surface area contributed by atoms with Crippen LogP contribution in [-0.4, -0.2) is 33.8 Å². The zero-order valence-electron chi connectivity index (χ0n) is 16.3. The fourth-order valence-corrected chi connectivity index (χ4v) is 3.92. The summed E-state index contributed by atoms with van der Waals surface area (Å²) >= 11 is 6.31. The lowest BCUT2D eigenvalue weighted by Crippen LogP contribution is -2.35. The van der Waals surface area contributed by atoms with Crippen LogP contribution in [0.1, 0.15) is 25.7 Å². The highest BCUT2D eigenvalue weighted by Crippen LogP contribution is 2.30. The summed E-state index contributed by atoms with van der Waals surface area (Å²) in [5.74, 6) is 1.70. The summed E-state index contributed by atoms with van der Waals surface area (Å²) in [5, 5.41) is 8.21. The molecule has 4 rings (SSSR count). The summed E-state index contributed by atoms with van der Waals surface area (Å²) in [5.41, 5.74) is 1.67. The van der Waals surface area contributed by atoms with Gasteiger partial charge in [0.2, 0.25) is 5.91 Å². The van der Waals surface area contributed by atoms with Crippen molar-refractivity contribution in [2.24, 2.45) is 0 Å². The Labute approximate surface area is 174 Å². The summed E-state index contributed by atoms with van der Waals surface area (Å²) in [6, 6.07) is 15.4. The Balaban J connectivity index is 1.67. The molecule has 1 aliphatic rings. The Morgan fingerprint density at radius 2 is 1.93 bits per heavy atom. The average molecular weight is 411 g/mol. The second kappa shape index (κ2) is 8.66. The van der Waals surface area contributed by atoms with Gasteiger partial charge >= 0.3 is 0 Å². The van der Waals surface area contributed by atoms with E-state index in [0.29, 0.717) is 22.4 Å². The number of benzene rings is 2. The average Bonchev–Trinajstić information content (AvgIpc) is 3.38. The van der Waals surface area contributed by atoms with Gasteiger partial charge in [-0.2, -0.15) is 0 Å². The second-order valence-corrected chi connectivity index (χ2v) is 7.59. The van der Waals surface area contributed by atoms with Crippen LogP contribution >= 0.6 is 11.6 Å². The van der Waals surface area contributed by atoms with Crippen LogP contribution in [0.2, 0.25) is 5.02 Å². The molecule has 0 radical (unpaired) electrons. The van der Waals surface area contributed by atoms with Crippen LogP contribution in [-0.2, 0) is 11.3 Å². The van der Waals surface area contributed by atoms with Crippen molar-refractivity contribution in [1.82, 2.24) is 20.1 Å². The molecule has 1 amide bonds. The number of carbonyl (C=O) groups excluding carboxylic acids is 1. The van der Waals surface area contributed by atoms with E-state index in [9.17, 15) is 4.79 Å². The van der Waals surface area contributed by atoms with Gasteiger partial charge in [0.15, 0.2) is 11.6 Å². The SMILES string of the molecule is COc1ccc(-c2nc(-c3ccccc3)nn2CC(=O)NC2CCCC2)cc1Cl. The van der Waals surface area contributed by atoms with Gasteiger partial charge < -0.3 is 10.1 Å². The molecule has 0 spiro atoms. The molecule has 29 heavy (non-hydrogen) atoms. The van der Waals surface area contributed by atoms with Crippen LogP contribution in [0.5, 0.6) is 5.75 Å². The van der Waals surface area contributed by atoms with Crippen LogP contribution in [0.4, 0.5) is 0 Å². The molecular weight excluding hydrogens is 388 g/mol. The van der Waals surface area contributed by atoms with Gasteiger partial charge in [-0.25, -0.2) is 9.67 Å². The van der Waals surface area contributed by atoms with E-state index in [1.54, 1.807) is 23.9 Å². The predicted octanol–water partition coefficient (Wildman–Crippen LogP) is 4.33. The first kappa shape index (κ1) is 19.5. The van der Waals surface area contributed by atoms with Crippen LogP contribution in [0.15, 0.2) is 48.5 Å². The molecule has 1 fully saturated rings. The molecule has 1 aromatic heterocycles. The molecule has 3 aromatic rings. The molecule has 1 aliphatic carbocycles. The minimum absolute atomic E-state index is 0.0535. The Kier molecular flexibility index (Phi) is 5.81. The standard InChI is InChI=1S/C22H23ClN4O2/c1-29-19-12-11-16(13-18(19)23)22-25-21(15-7-3-2-4-8-15)26-27(22)14-20(28)24-17-9-5-6-10-17/h2-4,7-8,11-13,17H,5-6,9-10,14H2,1H3,(H,24,28). The lowest BCUT2D eigenvalue weighted by atomic mass is 10.2. The Morgan fingerprint density at radius 3 is 2.62 bits per heavy atom. The molecule has 0 aliphatic heterocycles. The van der Waals surface area contributed by atoms with Gasteiger partial charge in [0.05, 0.1) is 12.1 Å². The quantitative estimate of drug-likeness (QED) is 0.656. The van der Waals surface area contributed by atoms with E-state index in [4.69, 9.17) is 21.3 Å². The predicted molar refractivity (Wildman–Crippen MR) is 113 cm³/mol. The summed E-state index contributed by atoms with van der Waals surface area (Å²) in [6.07, 6.45) is 4.42. The summed E-state index contributed by atoms with van der Waals surface area (Å²) in [4.78, 5) is 17.3. The first-order valence-corrected chi connectivity index (χ1v) is 10.2. The van der Waals surface area contributed by atoms with E-state index in [0.717, 1.165) is 24.0 Å². The number of hydrogen-bond donors (Lipinski definition) is 1. The van der Waals surface area contributed by atoms with Gasteiger partial charge in [-0.1, -0.05) is 54.8 Å². The van der Waals surface area contributed by atoms with Gasteiger partial charge in [-0.3, -0.25) is 4.79 Å². The van der Waals surface area contributed by atoms with E-state index in [1.807, 2.05) is 36.4 Å². The fraction of sp³-hybridized carbons (Fsp3) is 0.318. The molecule has 1 N–H and O–H groups in total. The zero-order chi connectivity index (χ0) is 20.2. The van der Waals surface area contributed by atoms with Crippen molar-refractivity contribution in [3.8, 4) is 28.5 Å². The Bertz CT molecular complexity index is 997. The Morgan fingerprint density at radius 1 is 1.17 bits per heavy atom. The molecule has 1 saturated carbocycles. The van der Waals surface area contributed by atoms with Crippen molar-refractivity contribution in [3.63, 3.8) is 0 Å². The molecule has 0 atom stereocenters. The highest BCUT2D eigenvalue weighted by atomic mass is 35.5. The molecule has 2 aromatic carbocycles. The minimum atomic E-state index is -0.0535. The topological polar surface area (TPSA) is 69.0 Å². The van der Waals surface area contributed by atoms with Crippen molar-refractivity contribution in [2.45, 2.75) is 38.3 Å². The van der Waals surface area contributed by atoms with Crippen molar-refractivity contribution in [1.29, 1.82) is 0 Å². The number of aromatic nitrogens is 3. The smallest absolute Gasteiger partial charge is 0.242 e. The van der Waals surface area contributed by atoms with Crippen LogP contribution in [0.3, 0.4) is 0 Å². The zero-order valence-corrected chi connectivity index (χ0v) is 17.0. The molecule has 1 heterocycles. The van der Waals surface area contributed by atoms with Crippen molar-refractivity contribution < 1.29 is 9.53 Å². The van der Waals surface area contributed by atoms with E-state index < -0.39 is 0 Å². The van der Waals surface area contributed by atoms with Crippen LogP contribution < -0.4 is 10.1 Å². The lowest BCUT2D eigenvalue weighted by Gasteiger charge is -2.13. The molecule has 7 heteroatoms. The van der Waals surface area contributed by atoms with Crippen LogP contribution in [0, 0.1) is 0 Å². The number of carbonyl (C=O) groups is 1. The third kappa shape index (κ3) is 4.43. The van der Waals surface area contributed by atoms with E-state index >= 15 is 0 Å². The highest BCUT2D eigenvalue weighted by Gasteiger charge is 2.20. The summed E-state index contributed by atoms with van der Waals surface area (Å²) < 4.78 is 6.88. The van der Waals surface area contributed by atoms with Crippen molar-refractivity contribution in [3.05, 3.63) is 53.6 Å². The van der Waals surface area contributed by atoms with E-state index in [2.05, 4.69) is 10.4 Å². The lowest BCUT2D eigenvalue weighted by molar-refractivity contribution is -0.122. The number of methoxy groups -OCH3 is 1. The fourth-order valence-electron chi connectivity index (χ4n) is 3.66. The molecule has 6 nitrogen and oxygen atoms in total. The third-order valence-corrected chi connectivity index (χ3v) is 5.42. The number of amides is 1. The normalized spacial score (nSPS) is 14.1. The number of rotatable bonds is 6. The van der Waals surface area contributed by atoms with Crippen molar-refractivity contribution >= 4 is 17.5 Å². The maximum atomic E-state index is 12.6. The monoisotopic (exact) mass is 410 g/mol. The molecule has 0 unspecified atom stereocenters. The van der Waals surface area contributed by atoms with Crippen molar-refractivity contribution in [2.75, 3.05) is 7.11 Å². The summed E-state index contributed by atoms with van der Waals surface area (Å²) in [7, 11) is 1.57. The molecule has 150 valence electrons.